The number of aryl methyl sites for hydroxylation is 2. The van der Waals surface area contributed by atoms with Gasteiger partial charge in [0.1, 0.15) is 5.82 Å². The first-order chi connectivity index (χ1) is 9.60. The van der Waals surface area contributed by atoms with E-state index in [0.717, 1.165) is 44.7 Å². The van der Waals surface area contributed by atoms with Gasteiger partial charge in [-0.15, -0.1) is 0 Å². The highest BCUT2D eigenvalue weighted by atomic mass is 79.9. The standard InChI is InChI=1S/C14H16BrN5/c1-8-17-10-4-3-9(7-12(10)18-8)14-13(15)11(5-6-16)19-20(14)2/h3-4,7H,5-6,16H2,1-2H3,(H,17,18). The molecular formula is C14H16BrN5. The van der Waals surface area contributed by atoms with Gasteiger partial charge in [-0.3, -0.25) is 4.68 Å². The maximum absolute atomic E-state index is 5.62. The summed E-state index contributed by atoms with van der Waals surface area (Å²) in [4.78, 5) is 7.68. The molecule has 6 heteroatoms. The minimum Gasteiger partial charge on any atom is -0.342 e. The second-order valence-corrected chi connectivity index (χ2v) is 5.62. The monoisotopic (exact) mass is 333 g/mol. The van der Waals surface area contributed by atoms with Crippen molar-refractivity contribution in [1.29, 1.82) is 0 Å². The molecule has 3 aromatic rings. The molecule has 0 amide bonds. The topological polar surface area (TPSA) is 72.5 Å². The van der Waals surface area contributed by atoms with Crippen LogP contribution >= 0.6 is 15.9 Å². The van der Waals surface area contributed by atoms with Gasteiger partial charge < -0.3 is 10.7 Å². The van der Waals surface area contributed by atoms with Crippen LogP contribution in [0.3, 0.4) is 0 Å². The van der Waals surface area contributed by atoms with Crippen LogP contribution in [0.4, 0.5) is 0 Å². The summed E-state index contributed by atoms with van der Waals surface area (Å²) in [6, 6.07) is 6.19. The summed E-state index contributed by atoms with van der Waals surface area (Å²) in [6.07, 6.45) is 0.764. The molecule has 0 aliphatic rings. The molecule has 0 atom stereocenters. The van der Waals surface area contributed by atoms with Crippen molar-refractivity contribution in [2.45, 2.75) is 13.3 Å². The predicted molar refractivity (Wildman–Crippen MR) is 83.5 cm³/mol. The first kappa shape index (κ1) is 13.3. The van der Waals surface area contributed by atoms with Crippen molar-refractivity contribution in [1.82, 2.24) is 19.7 Å². The van der Waals surface area contributed by atoms with Gasteiger partial charge in [-0.25, -0.2) is 4.98 Å². The summed E-state index contributed by atoms with van der Waals surface area (Å²) < 4.78 is 2.90. The van der Waals surface area contributed by atoms with Crippen LogP contribution in [-0.2, 0) is 13.5 Å². The van der Waals surface area contributed by atoms with Gasteiger partial charge >= 0.3 is 0 Å². The number of rotatable bonds is 3. The Bertz CT molecular complexity index is 771. The lowest BCUT2D eigenvalue weighted by molar-refractivity contribution is 0.745. The highest BCUT2D eigenvalue weighted by Crippen LogP contribution is 2.32. The fraction of sp³-hybridized carbons (Fsp3) is 0.286. The van der Waals surface area contributed by atoms with E-state index in [4.69, 9.17) is 5.73 Å². The van der Waals surface area contributed by atoms with E-state index in [1.54, 1.807) is 0 Å². The van der Waals surface area contributed by atoms with Gasteiger partial charge in [-0.05, 0) is 41.5 Å². The number of aromatic amines is 1. The van der Waals surface area contributed by atoms with Gasteiger partial charge in [0, 0.05) is 19.0 Å². The Balaban J connectivity index is 2.14. The van der Waals surface area contributed by atoms with Gasteiger partial charge in [0.05, 0.1) is 26.9 Å². The van der Waals surface area contributed by atoms with E-state index in [9.17, 15) is 0 Å². The number of nitrogens with one attached hydrogen (secondary N) is 1. The van der Waals surface area contributed by atoms with E-state index in [2.05, 4.69) is 43.1 Å². The average Bonchev–Trinajstić information content (AvgIpc) is 2.89. The Morgan fingerprint density at radius 3 is 2.95 bits per heavy atom. The third-order valence-electron chi connectivity index (χ3n) is 3.31. The molecule has 20 heavy (non-hydrogen) atoms. The number of fused-ring (bicyclic) bond motifs is 1. The molecule has 1 aromatic carbocycles. The van der Waals surface area contributed by atoms with Gasteiger partial charge in [-0.2, -0.15) is 5.10 Å². The molecule has 0 unspecified atom stereocenters. The van der Waals surface area contributed by atoms with E-state index in [1.807, 2.05) is 24.7 Å². The number of hydrogen-bond donors (Lipinski definition) is 2. The van der Waals surface area contributed by atoms with Crippen LogP contribution in [0.5, 0.6) is 0 Å². The molecule has 0 saturated carbocycles. The molecule has 0 fully saturated rings. The minimum atomic E-state index is 0.591. The highest BCUT2D eigenvalue weighted by Gasteiger charge is 2.15. The van der Waals surface area contributed by atoms with E-state index in [1.165, 1.54) is 0 Å². The molecule has 3 rings (SSSR count). The highest BCUT2D eigenvalue weighted by molar-refractivity contribution is 9.10. The molecule has 0 spiro atoms. The summed E-state index contributed by atoms with van der Waals surface area (Å²) in [5, 5.41) is 4.53. The van der Waals surface area contributed by atoms with Gasteiger partial charge in [0.2, 0.25) is 0 Å². The number of imidazole rings is 1. The summed E-state index contributed by atoms with van der Waals surface area (Å²) in [5.74, 6) is 0.921. The number of halogens is 1. The lowest BCUT2D eigenvalue weighted by Crippen LogP contribution is -2.04. The van der Waals surface area contributed by atoms with Crippen molar-refractivity contribution in [3.63, 3.8) is 0 Å². The zero-order chi connectivity index (χ0) is 14.3. The van der Waals surface area contributed by atoms with Crippen LogP contribution in [0.25, 0.3) is 22.3 Å². The average molecular weight is 334 g/mol. The largest absolute Gasteiger partial charge is 0.342 e. The van der Waals surface area contributed by atoms with Crippen LogP contribution in [0, 0.1) is 6.92 Å². The zero-order valence-corrected chi connectivity index (χ0v) is 13.0. The number of nitrogens with two attached hydrogens (primary N) is 1. The normalized spacial score (nSPS) is 11.4. The number of H-pyrrole nitrogens is 1. The van der Waals surface area contributed by atoms with E-state index < -0.39 is 0 Å². The zero-order valence-electron chi connectivity index (χ0n) is 11.4. The Morgan fingerprint density at radius 1 is 1.40 bits per heavy atom. The third kappa shape index (κ3) is 2.14. The maximum atomic E-state index is 5.62. The molecule has 104 valence electrons. The molecule has 2 aromatic heterocycles. The smallest absolute Gasteiger partial charge is 0.104 e. The Morgan fingerprint density at radius 2 is 2.20 bits per heavy atom. The molecule has 3 N–H and O–H groups in total. The summed E-state index contributed by atoms with van der Waals surface area (Å²) in [6.45, 7) is 2.55. The number of aromatic nitrogens is 4. The van der Waals surface area contributed by atoms with E-state index in [0.29, 0.717) is 6.54 Å². The molecule has 0 radical (unpaired) electrons. The van der Waals surface area contributed by atoms with Crippen molar-refractivity contribution in [3.05, 3.63) is 34.2 Å². The van der Waals surface area contributed by atoms with E-state index >= 15 is 0 Å². The van der Waals surface area contributed by atoms with Crippen LogP contribution in [0.15, 0.2) is 22.7 Å². The second-order valence-electron chi connectivity index (χ2n) is 4.83. The van der Waals surface area contributed by atoms with Gasteiger partial charge in [0.25, 0.3) is 0 Å². The third-order valence-corrected chi connectivity index (χ3v) is 4.14. The van der Waals surface area contributed by atoms with Crippen molar-refractivity contribution >= 4 is 27.0 Å². The lowest BCUT2D eigenvalue weighted by atomic mass is 10.1. The molecular weight excluding hydrogens is 318 g/mol. The van der Waals surface area contributed by atoms with Gasteiger partial charge in [0.15, 0.2) is 0 Å². The van der Waals surface area contributed by atoms with Crippen LogP contribution in [0.2, 0.25) is 0 Å². The fourth-order valence-electron chi connectivity index (χ4n) is 2.45. The Hall–Kier alpha value is -1.66. The first-order valence-corrected chi connectivity index (χ1v) is 7.27. The molecule has 2 heterocycles. The predicted octanol–water partition coefficient (Wildman–Crippen LogP) is 2.54. The van der Waals surface area contributed by atoms with Crippen molar-refractivity contribution < 1.29 is 0 Å². The lowest BCUT2D eigenvalue weighted by Gasteiger charge is -2.03. The SMILES string of the molecule is Cc1nc2ccc(-c3c(Br)c(CCN)nn3C)cc2[nH]1. The quantitative estimate of drug-likeness (QED) is 0.773. The molecule has 0 saturated heterocycles. The first-order valence-electron chi connectivity index (χ1n) is 6.48. The van der Waals surface area contributed by atoms with Crippen LogP contribution in [-0.4, -0.2) is 26.3 Å². The molecule has 5 nitrogen and oxygen atoms in total. The summed E-state index contributed by atoms with van der Waals surface area (Å²) in [5.41, 5.74) is 10.8. The van der Waals surface area contributed by atoms with Crippen molar-refractivity contribution in [2.75, 3.05) is 6.54 Å². The molecule has 0 bridgehead atoms. The molecule has 0 aliphatic heterocycles. The minimum absolute atomic E-state index is 0.591. The maximum Gasteiger partial charge on any atom is 0.104 e. The van der Waals surface area contributed by atoms with Crippen molar-refractivity contribution in [3.8, 4) is 11.3 Å². The molecule has 0 aliphatic carbocycles. The number of hydrogen-bond acceptors (Lipinski definition) is 3. The number of benzene rings is 1. The Labute approximate surface area is 125 Å². The van der Waals surface area contributed by atoms with Gasteiger partial charge in [-0.1, -0.05) is 6.07 Å². The van der Waals surface area contributed by atoms with E-state index in [-0.39, 0.29) is 0 Å². The fourth-order valence-corrected chi connectivity index (χ4v) is 3.21. The van der Waals surface area contributed by atoms with Crippen LogP contribution in [0.1, 0.15) is 11.5 Å². The Kier molecular flexibility index (Phi) is 3.35. The second kappa shape index (κ2) is 5.03. The van der Waals surface area contributed by atoms with Crippen LogP contribution < -0.4 is 5.73 Å². The number of nitrogens with zero attached hydrogens (tertiary/aromatic N) is 3. The summed E-state index contributed by atoms with van der Waals surface area (Å²) >= 11 is 3.64. The summed E-state index contributed by atoms with van der Waals surface area (Å²) in [7, 11) is 1.95. The van der Waals surface area contributed by atoms with Crippen molar-refractivity contribution in [2.24, 2.45) is 12.8 Å².